The standard InChI is InChI=1S/C37H47N3O4/c1-39-21-19-37-18-8-7-14-29(37)33(39)23-27-16-17-28(24-30(27)37)44-36(43)31(22-25-10-3-2-4-11-25)38-34(41)32-15-9-20-40(32)35(42)26-12-5-6-13-26/h2-4,10-11,16-17,24,26,29,31-33H,5-9,12-15,18-23H2,1H3,(H,38,41)/t29-,31?,32?,33+,37+/m0/s1. The van der Waals surface area contributed by atoms with Crippen LogP contribution in [0.3, 0.4) is 0 Å². The normalized spacial score (nSPS) is 29.0. The first-order valence-electron chi connectivity index (χ1n) is 17.1. The molecule has 5 aliphatic rings. The highest BCUT2D eigenvalue weighted by atomic mass is 16.5. The van der Waals surface area contributed by atoms with Crippen molar-refractivity contribution in [1.29, 1.82) is 0 Å². The number of piperidine rings is 1. The van der Waals surface area contributed by atoms with Gasteiger partial charge in [-0.15, -0.1) is 0 Å². The summed E-state index contributed by atoms with van der Waals surface area (Å²) in [5.41, 5.74) is 3.89. The molecule has 44 heavy (non-hydrogen) atoms. The molecular formula is C37H47N3O4. The van der Waals surface area contributed by atoms with Gasteiger partial charge in [-0.3, -0.25) is 9.59 Å². The largest absolute Gasteiger partial charge is 0.425 e. The van der Waals surface area contributed by atoms with E-state index < -0.39 is 18.1 Å². The van der Waals surface area contributed by atoms with Crippen molar-refractivity contribution in [2.45, 2.75) is 107 Å². The second-order valence-corrected chi connectivity index (χ2v) is 14.2. The Morgan fingerprint density at radius 2 is 1.73 bits per heavy atom. The van der Waals surface area contributed by atoms with Gasteiger partial charge in [0.25, 0.3) is 0 Å². The third kappa shape index (κ3) is 5.46. The SMILES string of the molecule is CN1CC[C@]23CCCC[C@H]2[C@H]1Cc1ccc(OC(=O)C(Cc2ccccc2)NC(=O)C2CCCN2C(=O)C2CCCC2)cc13. The van der Waals surface area contributed by atoms with E-state index in [0.29, 0.717) is 37.1 Å². The maximum absolute atomic E-state index is 13.9. The molecule has 2 unspecified atom stereocenters. The van der Waals surface area contributed by atoms with Gasteiger partial charge in [0, 0.05) is 30.3 Å². The lowest BCUT2D eigenvalue weighted by Crippen LogP contribution is -2.59. The fraction of sp³-hybridized carbons (Fsp3) is 0.595. The number of rotatable bonds is 7. The average molecular weight is 598 g/mol. The molecule has 2 amide bonds. The molecule has 234 valence electrons. The van der Waals surface area contributed by atoms with Crippen molar-refractivity contribution < 1.29 is 19.1 Å². The predicted molar refractivity (Wildman–Crippen MR) is 169 cm³/mol. The van der Waals surface area contributed by atoms with Crippen LogP contribution in [0.2, 0.25) is 0 Å². The van der Waals surface area contributed by atoms with E-state index in [4.69, 9.17) is 4.74 Å². The van der Waals surface area contributed by atoms with Gasteiger partial charge >= 0.3 is 5.97 Å². The topological polar surface area (TPSA) is 79.0 Å². The van der Waals surface area contributed by atoms with E-state index in [1.54, 1.807) is 4.90 Å². The number of amides is 2. The van der Waals surface area contributed by atoms with Crippen LogP contribution in [0.1, 0.15) is 87.3 Å². The summed E-state index contributed by atoms with van der Waals surface area (Å²) < 4.78 is 6.12. The van der Waals surface area contributed by atoms with Gasteiger partial charge in [0.05, 0.1) is 0 Å². The van der Waals surface area contributed by atoms with E-state index in [1.807, 2.05) is 36.4 Å². The predicted octanol–water partition coefficient (Wildman–Crippen LogP) is 5.19. The lowest BCUT2D eigenvalue weighted by molar-refractivity contribution is -0.143. The van der Waals surface area contributed by atoms with Gasteiger partial charge in [-0.05, 0) is 99.7 Å². The molecule has 0 radical (unpaired) electrons. The Bertz CT molecular complexity index is 1390. The monoisotopic (exact) mass is 597 g/mol. The highest BCUT2D eigenvalue weighted by Crippen LogP contribution is 2.56. The summed E-state index contributed by atoms with van der Waals surface area (Å²) in [7, 11) is 2.28. The quantitative estimate of drug-likeness (QED) is 0.351. The van der Waals surface area contributed by atoms with E-state index in [0.717, 1.165) is 57.1 Å². The lowest BCUT2D eigenvalue weighted by atomic mass is 9.52. The molecule has 7 rings (SSSR count). The van der Waals surface area contributed by atoms with Crippen LogP contribution in [-0.2, 0) is 32.6 Å². The van der Waals surface area contributed by atoms with Gasteiger partial charge in [-0.25, -0.2) is 4.79 Å². The second-order valence-electron chi connectivity index (χ2n) is 14.2. The highest BCUT2D eigenvalue weighted by Gasteiger charge is 2.53. The van der Waals surface area contributed by atoms with Crippen LogP contribution in [0.25, 0.3) is 0 Å². The molecule has 2 aliphatic heterocycles. The third-order valence-electron chi connectivity index (χ3n) is 11.7. The van der Waals surface area contributed by atoms with Crippen molar-refractivity contribution in [3.05, 3.63) is 65.2 Å². The summed E-state index contributed by atoms with van der Waals surface area (Å²) in [6.45, 7) is 1.72. The Morgan fingerprint density at radius 3 is 2.55 bits per heavy atom. The molecule has 0 spiro atoms. The van der Waals surface area contributed by atoms with Crippen molar-refractivity contribution in [2.75, 3.05) is 20.1 Å². The summed E-state index contributed by atoms with van der Waals surface area (Å²) in [4.78, 5) is 45.2. The van der Waals surface area contributed by atoms with E-state index in [1.165, 1.54) is 36.8 Å². The third-order valence-corrected chi connectivity index (χ3v) is 11.7. The number of likely N-dealkylation sites (N-methyl/N-ethyl adjacent to an activating group) is 1. The Labute approximate surface area is 261 Å². The molecule has 7 heteroatoms. The van der Waals surface area contributed by atoms with Gasteiger partial charge in [0.2, 0.25) is 11.8 Å². The molecule has 3 aliphatic carbocycles. The van der Waals surface area contributed by atoms with Crippen LogP contribution >= 0.6 is 0 Å². The lowest BCUT2D eigenvalue weighted by Gasteiger charge is -2.58. The van der Waals surface area contributed by atoms with Crippen LogP contribution in [0.4, 0.5) is 0 Å². The number of carbonyl (C=O) groups excluding carboxylic acids is 3. The minimum absolute atomic E-state index is 0.0283. The van der Waals surface area contributed by atoms with Crippen LogP contribution in [0.15, 0.2) is 48.5 Å². The first kappa shape index (κ1) is 29.5. The summed E-state index contributed by atoms with van der Waals surface area (Å²) in [5.74, 6) is 0.645. The summed E-state index contributed by atoms with van der Waals surface area (Å²) in [6, 6.07) is 15.2. The average Bonchev–Trinajstić information content (AvgIpc) is 3.76. The Kier molecular flexibility index (Phi) is 8.25. The van der Waals surface area contributed by atoms with E-state index >= 15 is 0 Å². The van der Waals surface area contributed by atoms with Crippen molar-refractivity contribution in [1.82, 2.24) is 15.1 Å². The molecule has 4 fully saturated rings. The van der Waals surface area contributed by atoms with Gasteiger partial charge < -0.3 is 19.9 Å². The number of likely N-dealkylation sites (tertiary alicyclic amines) is 2. The summed E-state index contributed by atoms with van der Waals surface area (Å²) in [6.07, 6.45) is 13.0. The van der Waals surface area contributed by atoms with Crippen LogP contribution < -0.4 is 10.1 Å². The minimum atomic E-state index is -0.849. The first-order valence-corrected chi connectivity index (χ1v) is 17.1. The van der Waals surface area contributed by atoms with E-state index in [9.17, 15) is 14.4 Å². The Morgan fingerprint density at radius 1 is 0.932 bits per heavy atom. The zero-order valence-corrected chi connectivity index (χ0v) is 26.1. The first-order chi connectivity index (χ1) is 21.4. The molecule has 1 N–H and O–H groups in total. The zero-order valence-electron chi connectivity index (χ0n) is 26.1. The minimum Gasteiger partial charge on any atom is -0.425 e. The van der Waals surface area contributed by atoms with Gasteiger partial charge in [-0.1, -0.05) is 62.1 Å². The van der Waals surface area contributed by atoms with Gasteiger partial charge in [0.15, 0.2) is 0 Å². The molecule has 2 heterocycles. The number of fused-ring (bicyclic) bond motifs is 1. The molecule has 7 nitrogen and oxygen atoms in total. The van der Waals surface area contributed by atoms with Crippen molar-refractivity contribution in [3.8, 4) is 5.75 Å². The number of esters is 1. The molecule has 2 saturated carbocycles. The number of hydrogen-bond acceptors (Lipinski definition) is 5. The molecule has 2 bridgehead atoms. The highest BCUT2D eigenvalue weighted by molar-refractivity contribution is 5.92. The zero-order chi connectivity index (χ0) is 30.3. The summed E-state index contributed by atoms with van der Waals surface area (Å²) >= 11 is 0. The van der Waals surface area contributed by atoms with Crippen molar-refractivity contribution >= 4 is 17.8 Å². The fourth-order valence-electron chi connectivity index (χ4n) is 9.45. The number of benzene rings is 2. The smallest absolute Gasteiger partial charge is 0.334 e. The van der Waals surface area contributed by atoms with Crippen molar-refractivity contribution in [3.63, 3.8) is 0 Å². The summed E-state index contributed by atoms with van der Waals surface area (Å²) in [5, 5.41) is 3.04. The molecular weight excluding hydrogens is 550 g/mol. The fourth-order valence-corrected chi connectivity index (χ4v) is 9.45. The van der Waals surface area contributed by atoms with Crippen molar-refractivity contribution in [2.24, 2.45) is 11.8 Å². The Balaban J connectivity index is 1.11. The number of hydrogen-bond donors (Lipinski definition) is 1. The van der Waals surface area contributed by atoms with Crippen LogP contribution in [0.5, 0.6) is 5.75 Å². The second kappa shape index (κ2) is 12.3. The molecule has 0 aromatic heterocycles. The molecule has 2 saturated heterocycles. The van der Waals surface area contributed by atoms with Crippen LogP contribution in [0, 0.1) is 11.8 Å². The number of nitrogens with zero attached hydrogens (tertiary/aromatic N) is 2. The number of ether oxygens (including phenoxy) is 1. The van der Waals surface area contributed by atoms with Gasteiger partial charge in [-0.2, -0.15) is 0 Å². The number of carbonyl (C=O) groups is 3. The molecule has 5 atom stereocenters. The maximum Gasteiger partial charge on any atom is 0.334 e. The molecule has 2 aromatic carbocycles. The van der Waals surface area contributed by atoms with E-state index in [2.05, 4.69) is 29.4 Å². The van der Waals surface area contributed by atoms with Gasteiger partial charge in [0.1, 0.15) is 17.8 Å². The van der Waals surface area contributed by atoms with E-state index in [-0.39, 0.29) is 23.1 Å². The van der Waals surface area contributed by atoms with Crippen LogP contribution in [-0.4, -0.2) is 65.8 Å². The number of nitrogens with one attached hydrogen (secondary N) is 1. The Hall–Kier alpha value is -3.19. The maximum atomic E-state index is 13.9. The molecule has 2 aromatic rings.